The Bertz CT molecular complexity index is 768. The van der Waals surface area contributed by atoms with E-state index in [2.05, 4.69) is 19.2 Å². The van der Waals surface area contributed by atoms with Crippen molar-refractivity contribution in [2.45, 2.75) is 32.7 Å². The van der Waals surface area contributed by atoms with Gasteiger partial charge >= 0.3 is 0 Å². The number of halogens is 1. The zero-order valence-electron chi connectivity index (χ0n) is 14.4. The van der Waals surface area contributed by atoms with Gasteiger partial charge in [-0.05, 0) is 42.2 Å². The Morgan fingerprint density at radius 1 is 1.17 bits per heavy atom. The Morgan fingerprint density at radius 2 is 1.83 bits per heavy atom. The molecule has 2 aromatic rings. The maximum absolute atomic E-state index is 12.7. The molecule has 0 aromatic heterocycles. The van der Waals surface area contributed by atoms with Crippen LogP contribution in [0.5, 0.6) is 5.75 Å². The van der Waals surface area contributed by atoms with Crippen molar-refractivity contribution < 1.29 is 9.53 Å². The second kappa shape index (κ2) is 6.14. The molecule has 1 saturated carbocycles. The Hall–Kier alpha value is -2.00. The van der Waals surface area contributed by atoms with Gasteiger partial charge in [0.05, 0.1) is 12.7 Å². The first-order valence-corrected chi connectivity index (χ1v) is 8.43. The molecule has 1 aliphatic rings. The molecule has 24 heavy (non-hydrogen) atoms. The van der Waals surface area contributed by atoms with Crippen LogP contribution in [0.3, 0.4) is 0 Å². The monoisotopic (exact) mass is 343 g/mol. The van der Waals surface area contributed by atoms with E-state index in [1.165, 1.54) is 5.56 Å². The zero-order chi connectivity index (χ0) is 17.5. The molecule has 1 N–H and O–H groups in total. The average molecular weight is 344 g/mol. The lowest BCUT2D eigenvalue weighted by atomic mass is 10.0. The maximum atomic E-state index is 12.7. The summed E-state index contributed by atoms with van der Waals surface area (Å²) in [6, 6.07) is 13.6. The number of aryl methyl sites for hydroxylation is 1. The predicted octanol–water partition coefficient (Wildman–Crippen LogP) is 4.58. The maximum Gasteiger partial charge on any atom is 0.255 e. The fourth-order valence-electron chi connectivity index (χ4n) is 3.42. The Balaban J connectivity index is 1.80. The minimum Gasteiger partial charge on any atom is -0.496 e. The van der Waals surface area contributed by atoms with Crippen molar-refractivity contribution in [3.05, 3.63) is 64.2 Å². The number of nitrogens with one attached hydrogen (secondary N) is 1. The molecule has 0 spiro atoms. The number of carbonyl (C=O) groups excluding carboxylic acids is 1. The number of carbonyl (C=O) groups is 1. The number of benzene rings is 2. The summed E-state index contributed by atoms with van der Waals surface area (Å²) in [4.78, 5) is 12.7. The van der Waals surface area contributed by atoms with E-state index in [1.54, 1.807) is 7.11 Å². The van der Waals surface area contributed by atoms with Crippen LogP contribution in [0.25, 0.3) is 0 Å². The zero-order valence-corrected chi connectivity index (χ0v) is 15.1. The number of ether oxygens (including phenoxy) is 1. The van der Waals surface area contributed by atoms with E-state index < -0.39 is 0 Å². The average Bonchev–Trinajstić information content (AvgIpc) is 3.08. The van der Waals surface area contributed by atoms with E-state index in [9.17, 15) is 4.79 Å². The van der Waals surface area contributed by atoms with E-state index in [4.69, 9.17) is 16.3 Å². The van der Waals surface area contributed by atoms with Gasteiger partial charge in [0.2, 0.25) is 0 Å². The highest BCUT2D eigenvalue weighted by Gasteiger charge is 2.59. The van der Waals surface area contributed by atoms with Gasteiger partial charge in [0.1, 0.15) is 5.75 Å². The molecule has 1 fully saturated rings. The van der Waals surface area contributed by atoms with Gasteiger partial charge in [-0.25, -0.2) is 0 Å². The molecule has 1 aliphatic carbocycles. The first kappa shape index (κ1) is 16.8. The topological polar surface area (TPSA) is 38.3 Å². The molecule has 1 amide bonds. The molecule has 2 aromatic carbocycles. The first-order chi connectivity index (χ1) is 11.3. The van der Waals surface area contributed by atoms with Crippen LogP contribution in [-0.4, -0.2) is 19.1 Å². The van der Waals surface area contributed by atoms with Crippen LogP contribution in [-0.2, 0) is 0 Å². The molecule has 3 rings (SSSR count). The van der Waals surface area contributed by atoms with E-state index in [0.717, 1.165) is 10.6 Å². The summed E-state index contributed by atoms with van der Waals surface area (Å²) in [5, 5.41) is 3.90. The van der Waals surface area contributed by atoms with Crippen LogP contribution in [0.15, 0.2) is 42.5 Å². The van der Waals surface area contributed by atoms with Crippen molar-refractivity contribution in [1.29, 1.82) is 0 Å². The van der Waals surface area contributed by atoms with Crippen LogP contribution in [0, 0.1) is 12.3 Å². The second-order valence-electron chi connectivity index (χ2n) is 7.01. The van der Waals surface area contributed by atoms with Gasteiger partial charge in [0, 0.05) is 17.0 Å². The molecule has 0 aliphatic heterocycles. The summed E-state index contributed by atoms with van der Waals surface area (Å²) in [6.07, 6.45) is 0. The molecule has 2 atom stereocenters. The molecular formula is C20H22ClNO2. The molecule has 0 saturated heterocycles. The first-order valence-electron chi connectivity index (χ1n) is 8.05. The smallest absolute Gasteiger partial charge is 0.255 e. The van der Waals surface area contributed by atoms with Gasteiger partial charge in [0.25, 0.3) is 5.91 Å². The van der Waals surface area contributed by atoms with E-state index >= 15 is 0 Å². The number of hydrogen-bond acceptors (Lipinski definition) is 2. The lowest BCUT2D eigenvalue weighted by molar-refractivity contribution is 0.0943. The van der Waals surface area contributed by atoms with Gasteiger partial charge in [0.15, 0.2) is 0 Å². The van der Waals surface area contributed by atoms with Crippen LogP contribution in [0.1, 0.15) is 41.3 Å². The summed E-state index contributed by atoms with van der Waals surface area (Å²) in [5.41, 5.74) is 2.83. The molecule has 4 heteroatoms. The largest absolute Gasteiger partial charge is 0.496 e. The summed E-state index contributed by atoms with van der Waals surface area (Å²) in [5.74, 6) is 0.791. The van der Waals surface area contributed by atoms with Crippen molar-refractivity contribution >= 4 is 17.5 Å². The Morgan fingerprint density at radius 3 is 2.46 bits per heavy atom. The van der Waals surface area contributed by atoms with Crippen LogP contribution in [0.4, 0.5) is 0 Å². The predicted molar refractivity (Wildman–Crippen MR) is 97.0 cm³/mol. The second-order valence-corrected chi connectivity index (χ2v) is 7.44. The van der Waals surface area contributed by atoms with E-state index in [1.807, 2.05) is 49.4 Å². The summed E-state index contributed by atoms with van der Waals surface area (Å²) in [6.45, 7) is 6.31. The molecule has 126 valence electrons. The summed E-state index contributed by atoms with van der Waals surface area (Å²) < 4.78 is 5.32. The Kier molecular flexibility index (Phi) is 4.31. The molecule has 3 nitrogen and oxygen atoms in total. The summed E-state index contributed by atoms with van der Waals surface area (Å²) in [7, 11) is 1.58. The third-order valence-corrected chi connectivity index (χ3v) is 5.19. The highest BCUT2D eigenvalue weighted by atomic mass is 35.5. The van der Waals surface area contributed by atoms with Gasteiger partial charge in [-0.15, -0.1) is 0 Å². The fourth-order valence-corrected chi connectivity index (χ4v) is 3.54. The van der Waals surface area contributed by atoms with Crippen LogP contribution < -0.4 is 10.1 Å². The van der Waals surface area contributed by atoms with Crippen molar-refractivity contribution in [2.75, 3.05) is 7.11 Å². The normalized spacial score (nSPS) is 21.2. The molecular weight excluding hydrogens is 322 g/mol. The lowest BCUT2D eigenvalue weighted by Crippen LogP contribution is -2.29. The highest BCUT2D eigenvalue weighted by Crippen LogP contribution is 2.58. The fraction of sp³-hybridized carbons (Fsp3) is 0.350. The van der Waals surface area contributed by atoms with E-state index in [-0.39, 0.29) is 23.3 Å². The lowest BCUT2D eigenvalue weighted by Gasteiger charge is -2.11. The quantitative estimate of drug-likeness (QED) is 0.882. The van der Waals surface area contributed by atoms with Crippen molar-refractivity contribution in [3.8, 4) is 5.75 Å². The van der Waals surface area contributed by atoms with E-state index in [0.29, 0.717) is 11.3 Å². The van der Waals surface area contributed by atoms with Crippen molar-refractivity contribution in [1.82, 2.24) is 5.32 Å². The molecule has 2 unspecified atom stereocenters. The van der Waals surface area contributed by atoms with Crippen LogP contribution >= 0.6 is 11.6 Å². The van der Waals surface area contributed by atoms with Gasteiger partial charge < -0.3 is 10.1 Å². The standard InChI is InChI=1S/C20H22ClNO2/c1-12-5-10-16(24-4)15(11-12)19(23)22-18-17(20(18,2)3)13-6-8-14(21)9-7-13/h5-11,17-18H,1-4H3,(H,22,23). The van der Waals surface area contributed by atoms with Gasteiger partial charge in [-0.1, -0.05) is 49.2 Å². The minimum absolute atomic E-state index is 0.0144. The minimum atomic E-state index is -0.0925. The van der Waals surface area contributed by atoms with Gasteiger partial charge in [-0.3, -0.25) is 4.79 Å². The number of rotatable bonds is 4. The summed E-state index contributed by atoms with van der Waals surface area (Å²) >= 11 is 5.97. The van der Waals surface area contributed by atoms with Crippen LogP contribution in [0.2, 0.25) is 5.02 Å². The number of amides is 1. The SMILES string of the molecule is COc1ccc(C)cc1C(=O)NC1C(c2ccc(Cl)cc2)C1(C)C. The number of methoxy groups -OCH3 is 1. The Labute approximate surface area is 148 Å². The molecule has 0 radical (unpaired) electrons. The molecule has 0 bridgehead atoms. The third-order valence-electron chi connectivity index (χ3n) is 4.94. The van der Waals surface area contributed by atoms with Crippen molar-refractivity contribution in [2.24, 2.45) is 5.41 Å². The highest BCUT2D eigenvalue weighted by molar-refractivity contribution is 6.30. The van der Waals surface area contributed by atoms with Crippen molar-refractivity contribution in [3.63, 3.8) is 0 Å². The number of hydrogen-bond donors (Lipinski definition) is 1. The molecule has 0 heterocycles. The van der Waals surface area contributed by atoms with Gasteiger partial charge in [-0.2, -0.15) is 0 Å². The third kappa shape index (κ3) is 3.01.